The molecule has 4 nitrogen and oxygen atoms in total. The normalized spacial score (nSPS) is 10.3. The number of carbonyl (C=O) groups is 1. The highest BCUT2D eigenvalue weighted by molar-refractivity contribution is 6.38. The molecule has 1 aromatic heterocycles. The summed E-state index contributed by atoms with van der Waals surface area (Å²) >= 11 is 11.6. The van der Waals surface area contributed by atoms with Crippen molar-refractivity contribution in [3.63, 3.8) is 0 Å². The van der Waals surface area contributed by atoms with E-state index in [0.717, 1.165) is 6.07 Å². The third-order valence-electron chi connectivity index (χ3n) is 2.43. The molecule has 0 bridgehead atoms. The maximum atomic E-state index is 13.4. The van der Waals surface area contributed by atoms with Gasteiger partial charge in [-0.05, 0) is 24.6 Å². The van der Waals surface area contributed by atoms with E-state index >= 15 is 0 Å². The van der Waals surface area contributed by atoms with Gasteiger partial charge in [-0.2, -0.15) is 0 Å². The zero-order valence-electron chi connectivity index (χ0n) is 9.75. The standard InChI is InChI=1S/C12H8Cl2FN3O/c1-6-2-3-7(4-8(6)15)12(19)18-9-10(13)16-5-17-11(9)14/h2-5H,1H3,(H,18,19). The largest absolute Gasteiger partial charge is 0.317 e. The molecule has 0 aliphatic heterocycles. The molecule has 98 valence electrons. The summed E-state index contributed by atoms with van der Waals surface area (Å²) in [5.41, 5.74) is 0.701. The smallest absolute Gasteiger partial charge is 0.255 e. The number of hydrogen-bond acceptors (Lipinski definition) is 3. The van der Waals surface area contributed by atoms with Gasteiger partial charge in [-0.3, -0.25) is 4.79 Å². The number of anilines is 1. The van der Waals surface area contributed by atoms with Gasteiger partial charge in [-0.1, -0.05) is 29.3 Å². The summed E-state index contributed by atoms with van der Waals surface area (Å²) in [5.74, 6) is -1.01. The molecule has 0 aliphatic rings. The molecule has 0 aliphatic carbocycles. The zero-order valence-corrected chi connectivity index (χ0v) is 11.3. The lowest BCUT2D eigenvalue weighted by Gasteiger charge is -2.08. The van der Waals surface area contributed by atoms with Gasteiger partial charge in [0.25, 0.3) is 5.91 Å². The van der Waals surface area contributed by atoms with Crippen molar-refractivity contribution in [1.82, 2.24) is 9.97 Å². The van der Waals surface area contributed by atoms with Crippen molar-refractivity contribution in [2.75, 3.05) is 5.32 Å². The van der Waals surface area contributed by atoms with Gasteiger partial charge in [0.2, 0.25) is 0 Å². The SMILES string of the molecule is Cc1ccc(C(=O)Nc2c(Cl)ncnc2Cl)cc1F. The van der Waals surface area contributed by atoms with Crippen LogP contribution in [0.5, 0.6) is 0 Å². The van der Waals surface area contributed by atoms with Crippen molar-refractivity contribution in [1.29, 1.82) is 0 Å². The maximum Gasteiger partial charge on any atom is 0.255 e. The Morgan fingerprint density at radius 2 is 1.89 bits per heavy atom. The first kappa shape index (κ1) is 13.7. The molecule has 1 aromatic carbocycles. The van der Waals surface area contributed by atoms with Gasteiger partial charge in [0.15, 0.2) is 10.3 Å². The fraction of sp³-hybridized carbons (Fsp3) is 0.0833. The molecule has 2 rings (SSSR count). The number of nitrogens with zero attached hydrogens (tertiary/aromatic N) is 2. The molecule has 0 saturated heterocycles. The van der Waals surface area contributed by atoms with Crippen molar-refractivity contribution >= 4 is 34.8 Å². The summed E-state index contributed by atoms with van der Waals surface area (Å²) < 4.78 is 13.4. The van der Waals surface area contributed by atoms with Crippen LogP contribution in [0, 0.1) is 12.7 Å². The highest BCUT2D eigenvalue weighted by Crippen LogP contribution is 2.26. The molecule has 1 N–H and O–H groups in total. The average Bonchev–Trinajstić information content (AvgIpc) is 2.37. The quantitative estimate of drug-likeness (QED) is 0.864. The predicted octanol–water partition coefficient (Wildman–Crippen LogP) is 3.48. The van der Waals surface area contributed by atoms with E-state index in [1.807, 2.05) is 0 Å². The van der Waals surface area contributed by atoms with Crippen molar-refractivity contribution in [3.05, 3.63) is 51.8 Å². The molecule has 0 atom stereocenters. The Morgan fingerprint density at radius 3 is 2.47 bits per heavy atom. The van der Waals surface area contributed by atoms with E-state index in [0.29, 0.717) is 5.56 Å². The first-order valence-corrected chi connectivity index (χ1v) is 5.98. The fourth-order valence-electron chi connectivity index (χ4n) is 1.37. The van der Waals surface area contributed by atoms with Gasteiger partial charge in [0, 0.05) is 5.56 Å². The van der Waals surface area contributed by atoms with E-state index in [9.17, 15) is 9.18 Å². The van der Waals surface area contributed by atoms with Gasteiger partial charge in [0.1, 0.15) is 17.8 Å². The third-order valence-corrected chi connectivity index (χ3v) is 3.00. The second kappa shape index (κ2) is 5.50. The van der Waals surface area contributed by atoms with Crippen LogP contribution in [0.15, 0.2) is 24.5 Å². The Hall–Kier alpha value is -1.72. The van der Waals surface area contributed by atoms with Gasteiger partial charge >= 0.3 is 0 Å². The minimum Gasteiger partial charge on any atom is -0.317 e. The monoisotopic (exact) mass is 299 g/mol. The first-order valence-electron chi connectivity index (χ1n) is 5.22. The van der Waals surface area contributed by atoms with Gasteiger partial charge in [0.05, 0.1) is 0 Å². The predicted molar refractivity (Wildman–Crippen MR) is 71.1 cm³/mol. The Kier molecular flexibility index (Phi) is 3.97. The molecular weight excluding hydrogens is 292 g/mol. The molecule has 7 heteroatoms. The Bertz CT molecular complexity index is 629. The van der Waals surface area contributed by atoms with Crippen LogP contribution in [0.25, 0.3) is 0 Å². The summed E-state index contributed by atoms with van der Waals surface area (Å²) in [6.07, 6.45) is 1.17. The minimum atomic E-state index is -0.544. The van der Waals surface area contributed by atoms with E-state index < -0.39 is 11.7 Å². The second-order valence-electron chi connectivity index (χ2n) is 3.75. The second-order valence-corrected chi connectivity index (χ2v) is 4.46. The topological polar surface area (TPSA) is 54.9 Å². The summed E-state index contributed by atoms with van der Waals surface area (Å²) in [6, 6.07) is 4.14. The van der Waals surface area contributed by atoms with E-state index in [1.54, 1.807) is 6.92 Å². The van der Waals surface area contributed by atoms with Crippen LogP contribution in [0.1, 0.15) is 15.9 Å². The molecule has 2 aromatic rings. The number of benzene rings is 1. The van der Waals surface area contributed by atoms with Crippen LogP contribution in [0.2, 0.25) is 10.3 Å². The van der Waals surface area contributed by atoms with E-state index in [2.05, 4.69) is 15.3 Å². The Labute approximate surface area is 118 Å². The Balaban J connectivity index is 2.28. The van der Waals surface area contributed by atoms with Crippen molar-refractivity contribution < 1.29 is 9.18 Å². The number of halogens is 3. The number of nitrogens with one attached hydrogen (secondary N) is 1. The number of carbonyl (C=O) groups excluding carboxylic acids is 1. The van der Waals surface area contributed by atoms with Gasteiger partial charge < -0.3 is 5.32 Å². The highest BCUT2D eigenvalue weighted by Gasteiger charge is 2.14. The van der Waals surface area contributed by atoms with Crippen molar-refractivity contribution in [2.45, 2.75) is 6.92 Å². The number of amides is 1. The summed E-state index contributed by atoms with van der Waals surface area (Å²) in [7, 11) is 0. The van der Waals surface area contributed by atoms with Crippen LogP contribution in [-0.2, 0) is 0 Å². The lowest BCUT2D eigenvalue weighted by atomic mass is 10.1. The number of hydrogen-bond donors (Lipinski definition) is 1. The van der Waals surface area contributed by atoms with Crippen LogP contribution in [-0.4, -0.2) is 15.9 Å². The van der Waals surface area contributed by atoms with Crippen LogP contribution >= 0.6 is 23.2 Å². The number of rotatable bonds is 2. The van der Waals surface area contributed by atoms with Crippen molar-refractivity contribution in [2.24, 2.45) is 0 Å². The highest BCUT2D eigenvalue weighted by atomic mass is 35.5. The van der Waals surface area contributed by atoms with Crippen LogP contribution < -0.4 is 5.32 Å². The maximum absolute atomic E-state index is 13.4. The van der Waals surface area contributed by atoms with E-state index in [1.165, 1.54) is 18.5 Å². The number of aryl methyl sites for hydroxylation is 1. The molecule has 19 heavy (non-hydrogen) atoms. The molecule has 0 saturated carbocycles. The lowest BCUT2D eigenvalue weighted by molar-refractivity contribution is 0.102. The molecule has 1 amide bonds. The minimum absolute atomic E-state index is 0.0148. The molecule has 1 heterocycles. The summed E-state index contributed by atoms with van der Waals surface area (Å²) in [5, 5.41) is 2.48. The third kappa shape index (κ3) is 3.00. The molecular formula is C12H8Cl2FN3O. The fourth-order valence-corrected chi connectivity index (χ4v) is 1.78. The molecule has 0 spiro atoms. The zero-order chi connectivity index (χ0) is 14.0. The first-order chi connectivity index (χ1) is 8.99. The van der Waals surface area contributed by atoms with Crippen molar-refractivity contribution in [3.8, 4) is 0 Å². The van der Waals surface area contributed by atoms with Gasteiger partial charge in [-0.15, -0.1) is 0 Å². The number of aromatic nitrogens is 2. The van der Waals surface area contributed by atoms with Crippen LogP contribution in [0.4, 0.5) is 10.1 Å². The van der Waals surface area contributed by atoms with E-state index in [-0.39, 0.29) is 21.6 Å². The van der Waals surface area contributed by atoms with E-state index in [4.69, 9.17) is 23.2 Å². The molecule has 0 radical (unpaired) electrons. The Morgan fingerprint density at radius 1 is 1.26 bits per heavy atom. The lowest BCUT2D eigenvalue weighted by Crippen LogP contribution is -2.13. The van der Waals surface area contributed by atoms with Gasteiger partial charge in [-0.25, -0.2) is 14.4 Å². The molecule has 0 fully saturated rings. The average molecular weight is 300 g/mol. The summed E-state index contributed by atoms with van der Waals surface area (Å²) in [4.78, 5) is 19.3. The summed E-state index contributed by atoms with van der Waals surface area (Å²) in [6.45, 7) is 1.61. The molecule has 0 unspecified atom stereocenters. The van der Waals surface area contributed by atoms with Crippen LogP contribution in [0.3, 0.4) is 0 Å².